The molecule has 6 amide bonds. The van der Waals surface area contributed by atoms with Gasteiger partial charge < -0.3 is 47.0 Å². The summed E-state index contributed by atoms with van der Waals surface area (Å²) in [4.78, 5) is 160. The zero-order chi connectivity index (χ0) is 80.1. The molecule has 0 atom stereocenters. The number of piperazine rings is 4. The Bertz CT molecular complexity index is 3820. The number of alkyl halides is 1. The van der Waals surface area contributed by atoms with Gasteiger partial charge in [0.15, 0.2) is 0 Å². The van der Waals surface area contributed by atoms with Gasteiger partial charge in [-0.3, -0.25) is 72.6 Å². The van der Waals surface area contributed by atoms with Gasteiger partial charge in [-0.05, 0) is 137 Å². The van der Waals surface area contributed by atoms with E-state index in [2.05, 4.69) is 105 Å². The molecule has 32 nitrogen and oxygen atoms in total. The molecule has 3 N–H and O–H groups in total. The first-order valence-corrected chi connectivity index (χ1v) is 39.7. The van der Waals surface area contributed by atoms with Crippen molar-refractivity contribution in [1.29, 1.82) is 0 Å². The van der Waals surface area contributed by atoms with Crippen LogP contribution in [-0.2, 0) is 33.6 Å². The predicted molar refractivity (Wildman–Crippen MR) is 445 cm³/mol. The summed E-state index contributed by atoms with van der Waals surface area (Å²) in [6.07, 6.45) is 23.7. The number of nitrogens with one attached hydrogen (secondary N) is 1. The number of nitrogens with zero attached hydrogens (tertiary/aromatic N) is 18. The Morgan fingerprint density at radius 2 is 0.684 bits per heavy atom. The van der Waals surface area contributed by atoms with Crippen LogP contribution in [0.4, 0.5) is 23.8 Å². The third-order valence-electron chi connectivity index (χ3n) is 19.6. The molecule has 117 heavy (non-hydrogen) atoms. The number of hydrogen-bond acceptors (Lipinski definition) is 29. The molecule has 8 aliphatic heterocycles. The number of fused-ring (bicyclic) bond motifs is 2. The van der Waals surface area contributed by atoms with Crippen molar-refractivity contribution in [1.82, 2.24) is 74.6 Å². The van der Waals surface area contributed by atoms with E-state index in [0.717, 1.165) is 198 Å². The molecule has 6 fully saturated rings. The van der Waals surface area contributed by atoms with E-state index >= 15 is 0 Å². The molecule has 0 saturated carbocycles. The van der Waals surface area contributed by atoms with Crippen LogP contribution in [0.1, 0.15) is 170 Å². The first kappa shape index (κ1) is 105. The van der Waals surface area contributed by atoms with Gasteiger partial charge in [-0.2, -0.15) is 0 Å². The van der Waals surface area contributed by atoms with Crippen molar-refractivity contribution in [3.8, 4) is 0 Å². The fourth-order valence-electron chi connectivity index (χ4n) is 13.6. The molecule has 12 heterocycles. The molecule has 0 aliphatic carbocycles. The van der Waals surface area contributed by atoms with Gasteiger partial charge in [-0.1, -0.05) is 90.2 Å². The van der Waals surface area contributed by atoms with Crippen LogP contribution >= 0.6 is 15.9 Å². The van der Waals surface area contributed by atoms with E-state index in [-0.39, 0.29) is 179 Å². The average molecular weight is 1740 g/mol. The maximum Gasteiger partial charge on any atom is 1.00 e. The molecule has 0 unspecified atom stereocenters. The fourth-order valence-corrected chi connectivity index (χ4v) is 14.0. The predicted octanol–water partition coefficient (Wildman–Crippen LogP) is 1.25. The number of carbonyl (C=O) groups is 9. The summed E-state index contributed by atoms with van der Waals surface area (Å²) in [6.45, 7) is 29.0. The fraction of sp³-hybridized carbons (Fsp3) is 0.549. The molecule has 0 bridgehead atoms. The van der Waals surface area contributed by atoms with E-state index in [1.54, 1.807) is 98.1 Å². The van der Waals surface area contributed by atoms with Gasteiger partial charge in [-0.15, -0.1) is 0 Å². The summed E-state index contributed by atoms with van der Waals surface area (Å²) in [5.41, 5.74) is 7.24. The van der Waals surface area contributed by atoms with Crippen LogP contribution in [0.3, 0.4) is 0 Å². The molecule has 35 heteroatoms. The number of amides is 6. The Morgan fingerprint density at radius 3 is 0.966 bits per heavy atom. The summed E-state index contributed by atoms with van der Waals surface area (Å²) >= 11 is 3.33. The van der Waals surface area contributed by atoms with Gasteiger partial charge in [0.05, 0.1) is 35.1 Å². The van der Waals surface area contributed by atoms with E-state index in [1.807, 2.05) is 52.0 Å². The van der Waals surface area contributed by atoms with Crippen molar-refractivity contribution in [2.24, 2.45) is 16.6 Å². The first-order chi connectivity index (χ1) is 54.2. The van der Waals surface area contributed by atoms with Crippen molar-refractivity contribution in [2.45, 2.75) is 127 Å². The Morgan fingerprint density at radius 1 is 0.419 bits per heavy atom. The number of nitrogens with two attached hydrogens (primary N) is 1. The number of piperidine rings is 1. The molecule has 0 radical (unpaired) electrons. The number of benzene rings is 2. The molecular formula is C82H121BrK2N20O12. The summed E-state index contributed by atoms with van der Waals surface area (Å²) in [5, 5.41) is 12.6. The molecule has 14 rings (SSSR count). The Labute approximate surface area is 785 Å². The van der Waals surface area contributed by atoms with Crippen LogP contribution in [0.5, 0.6) is 0 Å². The van der Waals surface area contributed by atoms with Gasteiger partial charge in [0.1, 0.15) is 0 Å². The number of carbonyl (C=O) groups excluding carboxylic acids is 9. The number of halogens is 1. The molecular weight excluding hydrogens is 1620 g/mol. The molecule has 4 aromatic heterocycles. The minimum Gasteiger partial charge on any atom is -1.00 e. The first-order valence-electron chi connectivity index (χ1n) is 38.6. The largest absolute Gasteiger partial charge is 1.00 e. The molecule has 8 aliphatic rings. The number of ether oxygens (including phenoxy) is 1. The maximum absolute atomic E-state index is 12.4. The van der Waals surface area contributed by atoms with Crippen molar-refractivity contribution >= 4 is 93.6 Å². The average Bonchev–Trinajstić information content (AvgIpc) is 1.63. The van der Waals surface area contributed by atoms with E-state index in [1.165, 1.54) is 27.7 Å². The third-order valence-corrected chi connectivity index (χ3v) is 20.2. The number of esters is 2. The summed E-state index contributed by atoms with van der Waals surface area (Å²) in [6, 6.07) is 21.4. The van der Waals surface area contributed by atoms with Crippen LogP contribution in [0.15, 0.2) is 122 Å². The molecule has 630 valence electrons. The van der Waals surface area contributed by atoms with Crippen molar-refractivity contribution in [2.75, 3.05) is 175 Å². The SMILES string of the molecule is C.C.C.CC1(C)CC(=O)N(CCCCN2CCN(c3ncccn3)CC2)C(=O)C1.CC1(C)CC(=O)OC(=O)C1.NCCCCN1CCN(c2ncccn2)CC1.O=C1c2ccccc2C(=O)N1CCCCBr.O=C1c2ccccc2C(=O)N1CCCCN1CCN(c2ncccn2)CC1.O=CO[O-].[H-].[K+].[K+].c1cnc(N2CCNCC2)nc1. The standard InChI is InChI=1S/C20H23N5O2.C19H29N5O2.C12H12BrNO2.C12H21N5.C8H12N4.C7H10O3.CH2O3.3CH4.2K.H/c26-18-16-6-1-2-7-17(16)19(27)25(18)11-4-3-10-23-12-14-24(15-13-23)20-21-8-5-9-22-20;1-19(2)14-16(25)24(17(26)15-19)9-4-3-8-22-10-12-23(13-11-22)18-20-6-5-7-21-18;13-7-3-4-8-14-11(15)9-5-1-2-6-10(9)12(14)16;13-4-1-2-7-16-8-10-17(11-9-16)12-14-5-3-6-15-12;1-2-10-8(11-3-1)12-6-4-9-5-7-12;1-7(2)3-5(8)10-6(9)4-7;2-1-4-3;;;;;;/h1-2,5-9H,3-4,10-15H2;5-7H,3-4,8-15H2,1-2H3;1-2,5-6H,3-4,7-8H2;3,5-6H,1-2,4,7-11,13H2;1-3,9H,4-7H2;3-4H2,1-2H3;1,3H;3*1H4;;;/q;;;;;;;;;;2*+1;-1/p-1. The van der Waals surface area contributed by atoms with E-state index < -0.39 is 11.9 Å². The van der Waals surface area contributed by atoms with Gasteiger partial charge >= 0.3 is 115 Å². The maximum atomic E-state index is 12.4. The van der Waals surface area contributed by atoms with Gasteiger partial charge in [-0.25, -0.2) is 39.9 Å². The minimum atomic E-state index is -0.402. The van der Waals surface area contributed by atoms with Crippen molar-refractivity contribution in [3.63, 3.8) is 0 Å². The van der Waals surface area contributed by atoms with Crippen LogP contribution in [0, 0.1) is 10.8 Å². The Balaban J connectivity index is 0.000000484. The second-order valence-corrected chi connectivity index (χ2v) is 30.1. The number of anilines is 4. The van der Waals surface area contributed by atoms with Crippen LogP contribution in [0.2, 0.25) is 0 Å². The number of likely N-dealkylation sites (tertiary alicyclic amines) is 1. The number of rotatable bonds is 23. The zero-order valence-corrected chi connectivity index (χ0v) is 74.8. The molecule has 6 saturated heterocycles. The third kappa shape index (κ3) is 34.9. The number of hydrogen-bond donors (Lipinski definition) is 2. The smallest absolute Gasteiger partial charge is 1.00 e. The van der Waals surface area contributed by atoms with Crippen molar-refractivity contribution in [3.05, 3.63) is 145 Å². The van der Waals surface area contributed by atoms with Gasteiger partial charge in [0.25, 0.3) is 30.1 Å². The molecule has 0 spiro atoms. The van der Waals surface area contributed by atoms with Gasteiger partial charge in [0.2, 0.25) is 35.6 Å². The second-order valence-electron chi connectivity index (χ2n) is 29.4. The summed E-state index contributed by atoms with van der Waals surface area (Å²) in [7, 11) is 0. The monoisotopic (exact) mass is 1730 g/mol. The number of cyclic esters (lactones) is 2. The van der Waals surface area contributed by atoms with E-state index in [0.29, 0.717) is 67.6 Å². The van der Waals surface area contributed by atoms with E-state index in [4.69, 9.17) is 15.8 Å². The Hall–Kier alpha value is -6.50. The molecule has 2 aromatic carbocycles. The number of imide groups is 3. The number of aromatic nitrogens is 8. The van der Waals surface area contributed by atoms with Crippen LogP contribution < -0.4 is 139 Å². The van der Waals surface area contributed by atoms with Crippen molar-refractivity contribution < 1.29 is 162 Å². The quantitative estimate of drug-likeness (QED) is 0.0105. The van der Waals surface area contributed by atoms with Crippen LogP contribution in [0.25, 0.3) is 0 Å². The summed E-state index contributed by atoms with van der Waals surface area (Å²) in [5.74, 6) is 1.84. The van der Waals surface area contributed by atoms with Gasteiger partial charge in [0, 0.05) is 192 Å². The minimum absolute atomic E-state index is 0. The molecule has 6 aromatic rings. The van der Waals surface area contributed by atoms with Crippen LogP contribution in [-0.4, -0.2) is 279 Å². The number of unbranched alkanes of at least 4 members (excludes halogenated alkanes) is 4. The summed E-state index contributed by atoms with van der Waals surface area (Å²) < 4.78 is 4.34. The van der Waals surface area contributed by atoms with E-state index in [9.17, 15) is 38.4 Å². The second kappa shape index (κ2) is 56.2. The Kier molecular flexibility index (Phi) is 50.3. The topological polar surface area (TPSA) is 369 Å². The zero-order valence-electron chi connectivity index (χ0n) is 68.0. The normalized spacial score (nSPS) is 17.3.